The van der Waals surface area contributed by atoms with Crippen LogP contribution in [0, 0.1) is 0 Å². The van der Waals surface area contributed by atoms with Gasteiger partial charge in [-0.15, -0.1) is 0 Å². The number of aliphatic imine (C=N–C) groups is 1. The summed E-state index contributed by atoms with van der Waals surface area (Å²) in [5.41, 5.74) is 2.50. The van der Waals surface area contributed by atoms with Crippen LogP contribution in [0.2, 0.25) is 0 Å². The SMILES string of the molecule is O=C(OCc1ccc(O)cc1)N1CN=Cc2ccccc21. The van der Waals surface area contributed by atoms with Crippen LogP contribution in [-0.2, 0) is 11.3 Å². The lowest BCUT2D eigenvalue weighted by molar-refractivity contribution is 0.147. The van der Waals surface area contributed by atoms with E-state index in [9.17, 15) is 9.90 Å². The molecule has 1 heterocycles. The van der Waals surface area contributed by atoms with Gasteiger partial charge in [-0.25, -0.2) is 4.79 Å². The van der Waals surface area contributed by atoms with Crippen molar-refractivity contribution < 1.29 is 14.6 Å². The van der Waals surface area contributed by atoms with Gasteiger partial charge in [-0.05, 0) is 23.8 Å². The summed E-state index contributed by atoms with van der Waals surface area (Å²) in [4.78, 5) is 17.8. The van der Waals surface area contributed by atoms with Crippen molar-refractivity contribution >= 4 is 18.0 Å². The molecule has 1 amide bonds. The summed E-state index contributed by atoms with van der Waals surface area (Å²) in [5.74, 6) is 0.185. The van der Waals surface area contributed by atoms with Gasteiger partial charge in [0.05, 0.1) is 5.69 Å². The van der Waals surface area contributed by atoms with E-state index >= 15 is 0 Å². The smallest absolute Gasteiger partial charge is 0.416 e. The van der Waals surface area contributed by atoms with Crippen molar-refractivity contribution in [3.05, 3.63) is 59.7 Å². The summed E-state index contributed by atoms with van der Waals surface area (Å²) in [6.45, 7) is 0.410. The number of hydrogen-bond acceptors (Lipinski definition) is 4. The van der Waals surface area contributed by atoms with E-state index in [1.807, 2.05) is 24.3 Å². The molecule has 106 valence electrons. The summed E-state index contributed by atoms with van der Waals surface area (Å²) < 4.78 is 5.30. The highest BCUT2D eigenvalue weighted by molar-refractivity contribution is 5.98. The first kappa shape index (κ1) is 13.2. The van der Waals surface area contributed by atoms with Crippen LogP contribution in [0.15, 0.2) is 53.5 Å². The van der Waals surface area contributed by atoms with Gasteiger partial charge < -0.3 is 9.84 Å². The molecule has 0 spiro atoms. The Kier molecular flexibility index (Phi) is 3.55. The summed E-state index contributed by atoms with van der Waals surface area (Å²) >= 11 is 0. The van der Waals surface area contributed by atoms with Crippen LogP contribution < -0.4 is 4.90 Å². The Morgan fingerprint density at radius 1 is 1.19 bits per heavy atom. The molecule has 5 heteroatoms. The van der Waals surface area contributed by atoms with Gasteiger partial charge in [-0.3, -0.25) is 9.89 Å². The van der Waals surface area contributed by atoms with E-state index in [4.69, 9.17) is 4.74 Å². The molecule has 3 rings (SSSR count). The fourth-order valence-electron chi connectivity index (χ4n) is 2.11. The van der Waals surface area contributed by atoms with Crippen molar-refractivity contribution in [3.8, 4) is 5.75 Å². The Labute approximate surface area is 122 Å². The molecule has 2 aromatic carbocycles. The molecule has 0 radical (unpaired) electrons. The van der Waals surface area contributed by atoms with Crippen molar-refractivity contribution in [3.63, 3.8) is 0 Å². The molecule has 0 unspecified atom stereocenters. The Morgan fingerprint density at radius 2 is 1.95 bits per heavy atom. The third-order valence-electron chi connectivity index (χ3n) is 3.20. The van der Waals surface area contributed by atoms with Crippen LogP contribution in [0.25, 0.3) is 0 Å². The van der Waals surface area contributed by atoms with Gasteiger partial charge in [0.1, 0.15) is 19.0 Å². The number of fused-ring (bicyclic) bond motifs is 1. The molecular formula is C16H14N2O3. The molecule has 21 heavy (non-hydrogen) atoms. The van der Waals surface area contributed by atoms with Crippen molar-refractivity contribution in [2.45, 2.75) is 6.61 Å². The van der Waals surface area contributed by atoms with Crippen LogP contribution in [-0.4, -0.2) is 24.1 Å². The minimum atomic E-state index is -0.438. The molecule has 0 atom stereocenters. The quantitative estimate of drug-likeness (QED) is 0.921. The lowest BCUT2D eigenvalue weighted by Crippen LogP contribution is -2.34. The number of rotatable bonds is 2. The number of nitrogens with zero attached hydrogens (tertiary/aromatic N) is 2. The highest BCUT2D eigenvalue weighted by Crippen LogP contribution is 2.23. The van der Waals surface area contributed by atoms with Crippen molar-refractivity contribution in [1.82, 2.24) is 0 Å². The molecule has 1 aliphatic rings. The summed E-state index contributed by atoms with van der Waals surface area (Å²) in [6, 6.07) is 14.1. The zero-order valence-corrected chi connectivity index (χ0v) is 11.3. The predicted octanol–water partition coefficient (Wildman–Crippen LogP) is 2.93. The number of phenolic OH excluding ortho intramolecular Hbond substituents is 1. The standard InChI is InChI=1S/C16H14N2O3/c19-14-7-5-12(6-8-14)10-21-16(20)18-11-17-9-13-3-1-2-4-15(13)18/h1-9,19H,10-11H2. The van der Waals surface area contributed by atoms with Crippen LogP contribution in [0.4, 0.5) is 10.5 Å². The highest BCUT2D eigenvalue weighted by Gasteiger charge is 2.21. The fraction of sp³-hybridized carbons (Fsp3) is 0.125. The third-order valence-corrected chi connectivity index (χ3v) is 3.20. The number of carbonyl (C=O) groups excluding carboxylic acids is 1. The number of aromatic hydroxyl groups is 1. The second-order valence-corrected chi connectivity index (χ2v) is 4.66. The monoisotopic (exact) mass is 282 g/mol. The van der Waals surface area contributed by atoms with Crippen LogP contribution in [0.5, 0.6) is 5.75 Å². The molecule has 5 nitrogen and oxygen atoms in total. The molecule has 0 saturated heterocycles. The maximum atomic E-state index is 12.2. The molecule has 0 bridgehead atoms. The average molecular weight is 282 g/mol. The maximum Gasteiger partial charge on any atom is 0.416 e. The minimum Gasteiger partial charge on any atom is -0.508 e. The number of carbonyl (C=O) groups is 1. The van der Waals surface area contributed by atoms with Crippen molar-refractivity contribution in [1.29, 1.82) is 0 Å². The van der Waals surface area contributed by atoms with Crippen molar-refractivity contribution in [2.24, 2.45) is 4.99 Å². The third kappa shape index (κ3) is 2.86. The molecule has 2 aromatic rings. The Balaban J connectivity index is 1.69. The van der Waals surface area contributed by atoms with E-state index < -0.39 is 6.09 Å². The zero-order valence-electron chi connectivity index (χ0n) is 11.3. The molecule has 0 saturated carbocycles. The van der Waals surface area contributed by atoms with E-state index in [0.29, 0.717) is 0 Å². The number of phenols is 1. The minimum absolute atomic E-state index is 0.154. The molecule has 0 aliphatic carbocycles. The largest absolute Gasteiger partial charge is 0.508 e. The van der Waals surface area contributed by atoms with Gasteiger partial charge in [-0.1, -0.05) is 30.3 Å². The fourth-order valence-corrected chi connectivity index (χ4v) is 2.11. The Bertz CT molecular complexity index is 680. The first-order valence-electron chi connectivity index (χ1n) is 6.55. The van der Waals surface area contributed by atoms with E-state index in [-0.39, 0.29) is 19.0 Å². The number of amides is 1. The molecule has 1 N–H and O–H groups in total. The number of benzene rings is 2. The normalized spacial score (nSPS) is 12.9. The molecule has 0 aromatic heterocycles. The predicted molar refractivity (Wildman–Crippen MR) is 79.7 cm³/mol. The van der Waals surface area contributed by atoms with Gasteiger partial charge in [0.2, 0.25) is 0 Å². The van der Waals surface area contributed by atoms with Gasteiger partial charge in [0.15, 0.2) is 0 Å². The molecular weight excluding hydrogens is 268 g/mol. The van der Waals surface area contributed by atoms with Crippen LogP contribution >= 0.6 is 0 Å². The second-order valence-electron chi connectivity index (χ2n) is 4.66. The Morgan fingerprint density at radius 3 is 2.76 bits per heavy atom. The summed E-state index contributed by atoms with van der Waals surface area (Å²) in [6.07, 6.45) is 1.31. The second kappa shape index (κ2) is 5.66. The molecule has 1 aliphatic heterocycles. The van der Waals surface area contributed by atoms with Gasteiger partial charge in [-0.2, -0.15) is 0 Å². The number of hydrogen-bond donors (Lipinski definition) is 1. The van der Waals surface area contributed by atoms with E-state index in [0.717, 1.165) is 16.8 Å². The average Bonchev–Trinajstić information content (AvgIpc) is 2.53. The van der Waals surface area contributed by atoms with E-state index in [1.54, 1.807) is 30.5 Å². The van der Waals surface area contributed by atoms with E-state index in [1.165, 1.54) is 4.90 Å². The number of para-hydroxylation sites is 1. The summed E-state index contributed by atoms with van der Waals surface area (Å²) in [7, 11) is 0. The maximum absolute atomic E-state index is 12.2. The zero-order chi connectivity index (χ0) is 14.7. The molecule has 0 fully saturated rings. The lowest BCUT2D eigenvalue weighted by Gasteiger charge is -2.24. The van der Waals surface area contributed by atoms with Gasteiger partial charge in [0.25, 0.3) is 0 Å². The highest BCUT2D eigenvalue weighted by atomic mass is 16.6. The lowest BCUT2D eigenvalue weighted by atomic mass is 10.1. The summed E-state index contributed by atoms with van der Waals surface area (Å²) in [5, 5.41) is 9.22. The van der Waals surface area contributed by atoms with Gasteiger partial charge in [0, 0.05) is 11.8 Å². The first-order chi connectivity index (χ1) is 10.2. The van der Waals surface area contributed by atoms with Crippen LogP contribution in [0.1, 0.15) is 11.1 Å². The van der Waals surface area contributed by atoms with Crippen molar-refractivity contribution in [2.75, 3.05) is 11.6 Å². The van der Waals surface area contributed by atoms with Gasteiger partial charge >= 0.3 is 6.09 Å². The first-order valence-corrected chi connectivity index (χ1v) is 6.55. The van der Waals surface area contributed by atoms with Crippen LogP contribution in [0.3, 0.4) is 0 Å². The Hall–Kier alpha value is -2.82. The number of ether oxygens (including phenoxy) is 1. The number of anilines is 1. The topological polar surface area (TPSA) is 62.1 Å². The van der Waals surface area contributed by atoms with E-state index in [2.05, 4.69) is 4.99 Å².